The fraction of sp³-hybridized carbons (Fsp3) is 0.533. The van der Waals surface area contributed by atoms with Gasteiger partial charge in [-0.25, -0.2) is 8.42 Å². The summed E-state index contributed by atoms with van der Waals surface area (Å²) in [6.07, 6.45) is 1.32. The summed E-state index contributed by atoms with van der Waals surface area (Å²) in [6.45, 7) is 8.01. The molecule has 1 unspecified atom stereocenters. The van der Waals surface area contributed by atoms with Crippen LogP contribution in [0.15, 0.2) is 11.0 Å². The SMILES string of the molecule is Cc1cc(C)c(C)c(S(=O)(=O)NC2CCCNC2=O)c1C. The number of benzene rings is 1. The van der Waals surface area contributed by atoms with E-state index in [4.69, 9.17) is 0 Å². The number of nitrogens with one attached hydrogen (secondary N) is 2. The molecule has 5 nitrogen and oxygen atoms in total. The van der Waals surface area contributed by atoms with Crippen LogP contribution in [0.1, 0.15) is 35.1 Å². The van der Waals surface area contributed by atoms with Gasteiger partial charge >= 0.3 is 0 Å². The Balaban J connectivity index is 2.43. The van der Waals surface area contributed by atoms with Crippen LogP contribution in [0.2, 0.25) is 0 Å². The predicted octanol–water partition coefficient (Wildman–Crippen LogP) is 1.48. The van der Waals surface area contributed by atoms with Gasteiger partial charge in [0.1, 0.15) is 6.04 Å². The standard InChI is InChI=1S/C15H22N2O3S/c1-9-8-10(2)12(4)14(11(9)3)21(19,20)17-13-6-5-7-16-15(13)18/h8,13,17H,5-7H2,1-4H3,(H,16,18). The molecule has 1 fully saturated rings. The Morgan fingerprint density at radius 2 is 1.71 bits per heavy atom. The van der Waals surface area contributed by atoms with Gasteiger partial charge in [-0.3, -0.25) is 4.79 Å². The molecule has 0 aromatic heterocycles. The van der Waals surface area contributed by atoms with Gasteiger partial charge in [-0.05, 0) is 62.8 Å². The summed E-state index contributed by atoms with van der Waals surface area (Å²) in [5.41, 5.74) is 3.35. The third kappa shape index (κ3) is 3.11. The second-order valence-electron chi connectivity index (χ2n) is 5.70. The van der Waals surface area contributed by atoms with E-state index in [1.165, 1.54) is 0 Å². The third-order valence-corrected chi connectivity index (χ3v) is 5.89. The Bertz CT molecular complexity index is 654. The van der Waals surface area contributed by atoms with E-state index in [0.29, 0.717) is 17.9 Å². The predicted molar refractivity (Wildman–Crippen MR) is 81.7 cm³/mol. The number of rotatable bonds is 3. The van der Waals surface area contributed by atoms with Gasteiger partial charge in [-0.1, -0.05) is 6.07 Å². The van der Waals surface area contributed by atoms with Crippen molar-refractivity contribution >= 4 is 15.9 Å². The van der Waals surface area contributed by atoms with Crippen molar-refractivity contribution in [3.8, 4) is 0 Å². The number of carbonyl (C=O) groups excluding carboxylic acids is 1. The summed E-state index contributed by atoms with van der Waals surface area (Å²) < 4.78 is 28.0. The number of hydrogen-bond acceptors (Lipinski definition) is 3. The smallest absolute Gasteiger partial charge is 0.241 e. The summed E-state index contributed by atoms with van der Waals surface area (Å²) >= 11 is 0. The lowest BCUT2D eigenvalue weighted by Crippen LogP contribution is -2.50. The van der Waals surface area contributed by atoms with Crippen molar-refractivity contribution in [2.45, 2.75) is 51.5 Å². The second kappa shape index (κ2) is 5.77. The van der Waals surface area contributed by atoms with Gasteiger partial charge in [0.25, 0.3) is 0 Å². The molecular formula is C15H22N2O3S. The number of piperidine rings is 1. The summed E-state index contributed by atoms with van der Waals surface area (Å²) in [5, 5.41) is 2.69. The Labute approximate surface area is 126 Å². The molecule has 6 heteroatoms. The van der Waals surface area contributed by atoms with Crippen molar-refractivity contribution in [2.75, 3.05) is 6.54 Å². The highest BCUT2D eigenvalue weighted by atomic mass is 32.2. The van der Waals surface area contributed by atoms with Crippen LogP contribution in [0.5, 0.6) is 0 Å². The van der Waals surface area contributed by atoms with Crippen molar-refractivity contribution in [1.82, 2.24) is 10.0 Å². The highest BCUT2D eigenvalue weighted by Crippen LogP contribution is 2.26. The summed E-state index contributed by atoms with van der Waals surface area (Å²) in [4.78, 5) is 12.1. The topological polar surface area (TPSA) is 75.3 Å². The Morgan fingerprint density at radius 1 is 1.14 bits per heavy atom. The van der Waals surface area contributed by atoms with Crippen LogP contribution < -0.4 is 10.0 Å². The second-order valence-corrected chi connectivity index (χ2v) is 7.35. The average Bonchev–Trinajstić information content (AvgIpc) is 2.39. The van der Waals surface area contributed by atoms with Crippen LogP contribution >= 0.6 is 0 Å². The highest BCUT2D eigenvalue weighted by molar-refractivity contribution is 7.89. The van der Waals surface area contributed by atoms with Crippen molar-refractivity contribution in [3.63, 3.8) is 0 Å². The molecule has 1 aliphatic heterocycles. The molecule has 116 valence electrons. The minimum absolute atomic E-state index is 0.246. The van der Waals surface area contributed by atoms with E-state index in [9.17, 15) is 13.2 Å². The lowest BCUT2D eigenvalue weighted by Gasteiger charge is -2.24. The molecule has 0 saturated carbocycles. The van der Waals surface area contributed by atoms with Gasteiger partial charge in [0.2, 0.25) is 15.9 Å². The monoisotopic (exact) mass is 310 g/mol. The molecule has 1 aromatic rings. The molecule has 0 spiro atoms. The summed E-state index contributed by atoms with van der Waals surface area (Å²) in [7, 11) is -3.71. The van der Waals surface area contributed by atoms with Gasteiger partial charge in [-0.2, -0.15) is 4.72 Å². The van der Waals surface area contributed by atoms with Crippen LogP contribution in [0.25, 0.3) is 0 Å². The van der Waals surface area contributed by atoms with Gasteiger partial charge in [0.05, 0.1) is 4.90 Å². The number of carbonyl (C=O) groups is 1. The first-order chi connectivity index (χ1) is 9.74. The fourth-order valence-electron chi connectivity index (χ4n) is 2.71. The van der Waals surface area contributed by atoms with E-state index >= 15 is 0 Å². The number of amides is 1. The van der Waals surface area contributed by atoms with E-state index in [-0.39, 0.29) is 5.91 Å². The summed E-state index contributed by atoms with van der Waals surface area (Å²) in [5.74, 6) is -0.246. The zero-order valence-electron chi connectivity index (χ0n) is 12.9. The van der Waals surface area contributed by atoms with Crippen LogP contribution in [0.3, 0.4) is 0 Å². The van der Waals surface area contributed by atoms with E-state index in [1.54, 1.807) is 13.8 Å². The van der Waals surface area contributed by atoms with Crippen LogP contribution in [0.4, 0.5) is 0 Å². The van der Waals surface area contributed by atoms with E-state index in [0.717, 1.165) is 28.7 Å². The maximum atomic E-state index is 12.7. The van der Waals surface area contributed by atoms with Crippen molar-refractivity contribution < 1.29 is 13.2 Å². The molecule has 2 rings (SSSR count). The Kier molecular flexibility index (Phi) is 4.39. The van der Waals surface area contributed by atoms with Gasteiger partial charge in [0, 0.05) is 6.54 Å². The quantitative estimate of drug-likeness (QED) is 0.888. The molecule has 21 heavy (non-hydrogen) atoms. The molecule has 1 atom stereocenters. The molecule has 1 heterocycles. The molecular weight excluding hydrogens is 288 g/mol. The first-order valence-corrected chi connectivity index (χ1v) is 8.60. The third-order valence-electron chi connectivity index (χ3n) is 4.15. The largest absolute Gasteiger partial charge is 0.355 e. The van der Waals surface area contributed by atoms with Crippen LogP contribution in [0, 0.1) is 27.7 Å². The molecule has 1 amide bonds. The summed E-state index contributed by atoms with van der Waals surface area (Å²) in [6, 6.07) is 1.31. The highest BCUT2D eigenvalue weighted by Gasteiger charge is 2.30. The molecule has 0 bridgehead atoms. The maximum Gasteiger partial charge on any atom is 0.241 e. The molecule has 1 saturated heterocycles. The number of aryl methyl sites for hydroxylation is 2. The first kappa shape index (κ1) is 16.0. The van der Waals surface area contributed by atoms with Gasteiger partial charge in [0.15, 0.2) is 0 Å². The lowest BCUT2D eigenvalue weighted by atomic mass is 10.0. The molecule has 1 aromatic carbocycles. The van der Waals surface area contributed by atoms with Crippen molar-refractivity contribution in [2.24, 2.45) is 0 Å². The minimum Gasteiger partial charge on any atom is -0.355 e. The first-order valence-electron chi connectivity index (χ1n) is 7.11. The Hall–Kier alpha value is -1.40. The van der Waals surface area contributed by atoms with E-state index in [2.05, 4.69) is 10.0 Å². The zero-order valence-corrected chi connectivity index (χ0v) is 13.7. The number of hydrogen-bond donors (Lipinski definition) is 2. The molecule has 2 N–H and O–H groups in total. The number of sulfonamides is 1. The van der Waals surface area contributed by atoms with Gasteiger partial charge in [-0.15, -0.1) is 0 Å². The van der Waals surface area contributed by atoms with Gasteiger partial charge < -0.3 is 5.32 Å². The van der Waals surface area contributed by atoms with E-state index < -0.39 is 16.1 Å². The average molecular weight is 310 g/mol. The normalized spacial score (nSPS) is 19.4. The van der Waals surface area contributed by atoms with Crippen molar-refractivity contribution in [1.29, 1.82) is 0 Å². The zero-order chi connectivity index (χ0) is 15.8. The molecule has 0 aliphatic carbocycles. The fourth-order valence-corrected chi connectivity index (χ4v) is 4.56. The molecule has 0 radical (unpaired) electrons. The van der Waals surface area contributed by atoms with Crippen LogP contribution in [-0.2, 0) is 14.8 Å². The minimum atomic E-state index is -3.71. The maximum absolute atomic E-state index is 12.7. The lowest BCUT2D eigenvalue weighted by molar-refractivity contribution is -0.124. The van der Waals surface area contributed by atoms with Crippen LogP contribution in [-0.4, -0.2) is 26.9 Å². The van der Waals surface area contributed by atoms with E-state index in [1.807, 2.05) is 19.9 Å². The molecule has 1 aliphatic rings. The van der Waals surface area contributed by atoms with Crippen molar-refractivity contribution in [3.05, 3.63) is 28.3 Å². The Morgan fingerprint density at radius 3 is 2.24 bits per heavy atom.